The summed E-state index contributed by atoms with van der Waals surface area (Å²) in [6.07, 6.45) is 0. The molecule has 3 aromatic rings. The fourth-order valence-electron chi connectivity index (χ4n) is 2.74. The summed E-state index contributed by atoms with van der Waals surface area (Å²) in [7, 11) is 0. The van der Waals surface area contributed by atoms with Crippen molar-refractivity contribution in [2.24, 2.45) is 0 Å². The molecular weight excluding hydrogens is 355 g/mol. The van der Waals surface area contributed by atoms with Gasteiger partial charge in [-0.05, 0) is 53.1 Å². The van der Waals surface area contributed by atoms with E-state index in [-0.39, 0.29) is 11.1 Å². The van der Waals surface area contributed by atoms with Crippen LogP contribution in [-0.2, 0) is 0 Å². The third kappa shape index (κ3) is 3.20. The molecule has 0 aliphatic rings. The zero-order valence-electron chi connectivity index (χ0n) is 13.0. The lowest BCUT2D eigenvalue weighted by atomic mass is 9.84. The third-order valence-corrected chi connectivity index (χ3v) is 3.95. The van der Waals surface area contributed by atoms with Crippen molar-refractivity contribution in [1.29, 1.82) is 0 Å². The lowest BCUT2D eigenvalue weighted by Crippen LogP contribution is -2.06. The Hall–Kier alpha value is -3.09. The quantitative estimate of drug-likeness (QED) is 0.507. The first-order valence-electron chi connectivity index (χ1n) is 7.39. The van der Waals surface area contributed by atoms with Crippen molar-refractivity contribution < 1.29 is 32.2 Å². The zero-order valence-corrected chi connectivity index (χ0v) is 13.0. The van der Waals surface area contributed by atoms with E-state index in [0.717, 1.165) is 36.4 Å². The van der Waals surface area contributed by atoms with Crippen LogP contribution in [0.2, 0.25) is 0 Å². The molecule has 2 N–H and O–H groups in total. The maximum absolute atomic E-state index is 13.8. The lowest BCUT2D eigenvalue weighted by molar-refractivity contribution is 0.394. The number of phenols is 2. The van der Waals surface area contributed by atoms with E-state index in [1.54, 1.807) is 0 Å². The number of benzene rings is 3. The second-order valence-corrected chi connectivity index (χ2v) is 5.65. The van der Waals surface area contributed by atoms with E-state index < -0.39 is 46.5 Å². The molecule has 0 bridgehead atoms. The van der Waals surface area contributed by atoms with Crippen LogP contribution in [0.25, 0.3) is 0 Å². The van der Waals surface area contributed by atoms with Crippen LogP contribution < -0.4 is 0 Å². The average Bonchev–Trinajstić information content (AvgIpc) is 2.59. The molecule has 2 nitrogen and oxygen atoms in total. The summed E-state index contributed by atoms with van der Waals surface area (Å²) >= 11 is 0. The van der Waals surface area contributed by atoms with Gasteiger partial charge in [-0.1, -0.05) is 12.1 Å². The highest BCUT2D eigenvalue weighted by atomic mass is 19.1. The van der Waals surface area contributed by atoms with Crippen molar-refractivity contribution in [3.63, 3.8) is 0 Å². The van der Waals surface area contributed by atoms with E-state index >= 15 is 0 Å². The molecule has 0 radical (unpaired) electrons. The summed E-state index contributed by atoms with van der Waals surface area (Å²) in [5, 5.41) is 18.5. The maximum Gasteiger partial charge on any atom is 0.187 e. The van der Waals surface area contributed by atoms with Crippen LogP contribution in [0.1, 0.15) is 22.6 Å². The predicted molar refractivity (Wildman–Crippen MR) is 83.4 cm³/mol. The molecule has 0 aromatic heterocycles. The van der Waals surface area contributed by atoms with Crippen LogP contribution in [0.3, 0.4) is 0 Å². The largest absolute Gasteiger partial charge is 0.503 e. The minimum Gasteiger partial charge on any atom is -0.503 e. The maximum atomic E-state index is 13.8. The van der Waals surface area contributed by atoms with Gasteiger partial charge in [0.05, 0.1) is 0 Å². The second-order valence-electron chi connectivity index (χ2n) is 5.65. The molecule has 26 heavy (non-hydrogen) atoms. The van der Waals surface area contributed by atoms with Crippen LogP contribution in [0.5, 0.6) is 11.5 Å². The van der Waals surface area contributed by atoms with Crippen LogP contribution in [-0.4, -0.2) is 10.2 Å². The van der Waals surface area contributed by atoms with Crippen molar-refractivity contribution in [3.8, 4) is 11.5 Å². The van der Waals surface area contributed by atoms with Gasteiger partial charge >= 0.3 is 0 Å². The minimum atomic E-state index is -1.26. The summed E-state index contributed by atoms with van der Waals surface area (Å²) in [5.41, 5.74) is 0.170. The van der Waals surface area contributed by atoms with E-state index in [9.17, 15) is 32.2 Å². The van der Waals surface area contributed by atoms with Gasteiger partial charge in [-0.2, -0.15) is 0 Å². The summed E-state index contributed by atoms with van der Waals surface area (Å²) in [4.78, 5) is 0. The SMILES string of the molecule is Oc1c(F)cc(C(c2ccc(F)cc2)c2cc(F)c(O)c(F)c2)cc1F. The summed E-state index contributed by atoms with van der Waals surface area (Å²) < 4.78 is 68.3. The predicted octanol–water partition coefficient (Wildman–Crippen LogP) is 4.97. The molecule has 0 aliphatic heterocycles. The number of aromatic hydroxyl groups is 2. The van der Waals surface area contributed by atoms with Crippen molar-refractivity contribution >= 4 is 0 Å². The summed E-state index contributed by atoms with van der Waals surface area (Å²) in [6.45, 7) is 0. The lowest BCUT2D eigenvalue weighted by Gasteiger charge is -2.20. The Morgan fingerprint density at radius 1 is 0.538 bits per heavy atom. The molecule has 0 spiro atoms. The first-order valence-corrected chi connectivity index (χ1v) is 7.39. The Morgan fingerprint density at radius 3 is 1.23 bits per heavy atom. The van der Waals surface area contributed by atoms with Crippen LogP contribution in [0.4, 0.5) is 22.0 Å². The molecule has 0 heterocycles. The summed E-state index contributed by atoms with van der Waals surface area (Å²) in [6, 6.07) is 8.02. The Labute approximate surface area is 144 Å². The molecule has 0 amide bonds. The third-order valence-electron chi connectivity index (χ3n) is 3.95. The van der Waals surface area contributed by atoms with Crippen LogP contribution >= 0.6 is 0 Å². The molecule has 3 aromatic carbocycles. The number of halogens is 5. The van der Waals surface area contributed by atoms with E-state index in [2.05, 4.69) is 0 Å². The Morgan fingerprint density at radius 2 is 0.885 bits per heavy atom. The van der Waals surface area contributed by atoms with Crippen LogP contribution in [0, 0.1) is 29.1 Å². The second kappa shape index (κ2) is 6.67. The Balaban J connectivity index is 2.25. The molecule has 0 atom stereocenters. The zero-order chi connectivity index (χ0) is 19.0. The first-order chi connectivity index (χ1) is 12.3. The Kier molecular flexibility index (Phi) is 4.54. The van der Waals surface area contributed by atoms with E-state index in [1.807, 2.05) is 0 Å². The van der Waals surface area contributed by atoms with Gasteiger partial charge in [-0.3, -0.25) is 0 Å². The van der Waals surface area contributed by atoms with E-state index in [1.165, 1.54) is 12.1 Å². The molecule has 3 rings (SSSR count). The molecule has 0 fully saturated rings. The molecule has 134 valence electrons. The highest BCUT2D eigenvalue weighted by Gasteiger charge is 2.23. The molecular formula is C19H11F5O2. The summed E-state index contributed by atoms with van der Waals surface area (Å²) in [5.74, 6) is -9.05. The minimum absolute atomic E-state index is 0.0612. The van der Waals surface area contributed by atoms with E-state index in [4.69, 9.17) is 0 Å². The number of hydrogen-bond acceptors (Lipinski definition) is 2. The van der Waals surface area contributed by atoms with Crippen molar-refractivity contribution in [1.82, 2.24) is 0 Å². The highest BCUT2D eigenvalue weighted by molar-refractivity contribution is 5.47. The van der Waals surface area contributed by atoms with Gasteiger partial charge in [0.15, 0.2) is 34.8 Å². The molecule has 0 saturated heterocycles. The van der Waals surface area contributed by atoms with Gasteiger partial charge in [0.2, 0.25) is 0 Å². The normalized spacial score (nSPS) is 11.2. The fraction of sp³-hybridized carbons (Fsp3) is 0.0526. The van der Waals surface area contributed by atoms with E-state index in [0.29, 0.717) is 5.56 Å². The average molecular weight is 366 g/mol. The number of phenolic OH excluding ortho intramolecular Hbond substituents is 2. The van der Waals surface area contributed by atoms with Gasteiger partial charge in [0.1, 0.15) is 5.82 Å². The molecule has 7 heteroatoms. The number of hydrogen-bond donors (Lipinski definition) is 2. The standard InChI is InChI=1S/C19H11F5O2/c20-12-3-1-9(2-4-12)17(10-5-13(21)18(25)14(22)6-10)11-7-15(23)19(26)16(24)8-11/h1-8,17,25-26H. The van der Waals surface area contributed by atoms with Crippen molar-refractivity contribution in [2.75, 3.05) is 0 Å². The van der Waals surface area contributed by atoms with Crippen LogP contribution in [0.15, 0.2) is 48.5 Å². The topological polar surface area (TPSA) is 40.5 Å². The Bertz CT molecular complexity index is 867. The molecule has 0 aliphatic carbocycles. The van der Waals surface area contributed by atoms with Crippen molar-refractivity contribution in [2.45, 2.75) is 5.92 Å². The first kappa shape index (κ1) is 17.7. The van der Waals surface area contributed by atoms with Gasteiger partial charge < -0.3 is 10.2 Å². The van der Waals surface area contributed by atoms with Gasteiger partial charge in [-0.25, -0.2) is 22.0 Å². The monoisotopic (exact) mass is 366 g/mol. The van der Waals surface area contributed by atoms with Gasteiger partial charge in [0, 0.05) is 5.92 Å². The van der Waals surface area contributed by atoms with Gasteiger partial charge in [-0.15, -0.1) is 0 Å². The van der Waals surface area contributed by atoms with Gasteiger partial charge in [0.25, 0.3) is 0 Å². The fourth-order valence-corrected chi connectivity index (χ4v) is 2.74. The van der Waals surface area contributed by atoms with Crippen molar-refractivity contribution in [3.05, 3.63) is 94.3 Å². The smallest absolute Gasteiger partial charge is 0.187 e. The number of rotatable bonds is 3. The highest BCUT2D eigenvalue weighted by Crippen LogP contribution is 2.37. The molecule has 0 unspecified atom stereocenters. The molecule has 0 saturated carbocycles.